The van der Waals surface area contributed by atoms with Gasteiger partial charge in [0.05, 0.1) is 22.3 Å². The molecule has 0 aliphatic carbocycles. The number of aromatic nitrogens is 1. The first-order valence-corrected chi connectivity index (χ1v) is 3.61. The molecule has 0 amide bonds. The third-order valence-corrected chi connectivity index (χ3v) is 1.73. The van der Waals surface area contributed by atoms with Gasteiger partial charge < -0.3 is 5.73 Å². The molecule has 1 heterocycles. The number of pyridine rings is 1. The number of hydrogen-bond acceptors (Lipinski definition) is 2. The van der Waals surface area contributed by atoms with Crippen LogP contribution in [0.4, 0.5) is 5.69 Å². The molecule has 1 rings (SSSR count). The molecule has 0 fully saturated rings. The Morgan fingerprint density at radius 2 is 2.18 bits per heavy atom. The average Bonchev–Trinajstić information content (AvgIpc) is 1.95. The van der Waals surface area contributed by atoms with Crippen molar-refractivity contribution in [3.05, 3.63) is 23.0 Å². The van der Waals surface area contributed by atoms with Crippen molar-refractivity contribution in [2.45, 2.75) is 5.88 Å². The third kappa shape index (κ3) is 2.40. The molecule has 0 radical (unpaired) electrons. The third-order valence-electron chi connectivity index (χ3n) is 1.15. The van der Waals surface area contributed by atoms with Gasteiger partial charge >= 0.3 is 0 Å². The van der Waals surface area contributed by atoms with Crippen molar-refractivity contribution in [1.82, 2.24) is 4.98 Å². The van der Waals surface area contributed by atoms with E-state index in [0.29, 0.717) is 22.3 Å². The monoisotopic (exact) mass is 212 g/mol. The van der Waals surface area contributed by atoms with E-state index in [2.05, 4.69) is 4.98 Å². The summed E-state index contributed by atoms with van der Waals surface area (Å²) in [6.45, 7) is 0. The van der Waals surface area contributed by atoms with Crippen molar-refractivity contribution in [3.63, 3.8) is 0 Å². The highest BCUT2D eigenvalue weighted by Crippen LogP contribution is 2.20. The van der Waals surface area contributed by atoms with Crippen molar-refractivity contribution >= 4 is 41.3 Å². The fraction of sp³-hybridized carbons (Fsp3) is 0.167. The van der Waals surface area contributed by atoms with Crippen LogP contribution in [0.15, 0.2) is 12.3 Å². The molecule has 0 saturated carbocycles. The molecule has 0 spiro atoms. The number of anilines is 1. The van der Waals surface area contributed by atoms with Crippen molar-refractivity contribution in [1.29, 1.82) is 0 Å². The molecule has 5 heteroatoms. The van der Waals surface area contributed by atoms with E-state index >= 15 is 0 Å². The zero-order valence-electron chi connectivity index (χ0n) is 5.55. The van der Waals surface area contributed by atoms with Gasteiger partial charge in [-0.25, -0.2) is 0 Å². The highest BCUT2D eigenvalue weighted by Gasteiger charge is 2.01. The lowest BCUT2D eigenvalue weighted by molar-refractivity contribution is 1.18. The van der Waals surface area contributed by atoms with E-state index in [-0.39, 0.29) is 12.4 Å². The fourth-order valence-electron chi connectivity index (χ4n) is 0.596. The van der Waals surface area contributed by atoms with Crippen LogP contribution in [0.1, 0.15) is 5.69 Å². The van der Waals surface area contributed by atoms with Gasteiger partial charge in [-0.1, -0.05) is 11.6 Å². The van der Waals surface area contributed by atoms with Crippen molar-refractivity contribution in [3.8, 4) is 0 Å². The van der Waals surface area contributed by atoms with Gasteiger partial charge in [0.25, 0.3) is 0 Å². The van der Waals surface area contributed by atoms with E-state index in [1.165, 1.54) is 0 Å². The molecule has 0 bridgehead atoms. The second-order valence-corrected chi connectivity index (χ2v) is 2.46. The van der Waals surface area contributed by atoms with Crippen LogP contribution in [0.2, 0.25) is 5.02 Å². The Bertz CT molecular complexity index is 239. The minimum Gasteiger partial charge on any atom is -0.396 e. The first-order chi connectivity index (χ1) is 4.75. The molecule has 2 nitrogen and oxygen atoms in total. The molecule has 1 aromatic rings. The molecule has 11 heavy (non-hydrogen) atoms. The number of nitrogens with zero attached hydrogens (tertiary/aromatic N) is 1. The summed E-state index contributed by atoms with van der Waals surface area (Å²) in [5, 5.41) is 0.505. The van der Waals surface area contributed by atoms with Gasteiger partial charge in [-0.15, -0.1) is 24.0 Å². The number of alkyl halides is 1. The predicted octanol–water partition coefficient (Wildman–Crippen LogP) is 2.48. The Hall–Kier alpha value is -0.180. The van der Waals surface area contributed by atoms with Gasteiger partial charge in [0, 0.05) is 6.20 Å². The fourth-order valence-corrected chi connectivity index (χ4v) is 0.975. The van der Waals surface area contributed by atoms with Crippen molar-refractivity contribution in [2.24, 2.45) is 0 Å². The van der Waals surface area contributed by atoms with E-state index in [1.807, 2.05) is 0 Å². The Labute approximate surface area is 81.1 Å². The van der Waals surface area contributed by atoms with Crippen LogP contribution < -0.4 is 5.73 Å². The van der Waals surface area contributed by atoms with Crippen molar-refractivity contribution in [2.75, 3.05) is 5.73 Å². The van der Waals surface area contributed by atoms with Gasteiger partial charge in [0.15, 0.2) is 0 Å². The second-order valence-electron chi connectivity index (χ2n) is 1.79. The summed E-state index contributed by atoms with van der Waals surface area (Å²) in [7, 11) is 0. The standard InChI is InChI=1S/C6H6Cl2N2.ClH/c7-3-5-6(9)4(8)1-2-10-5;/h1-2H,3,9H2;1H. The Morgan fingerprint density at radius 3 is 2.64 bits per heavy atom. The van der Waals surface area contributed by atoms with Crippen LogP contribution in [0.3, 0.4) is 0 Å². The molecule has 0 aromatic carbocycles. The maximum absolute atomic E-state index is 5.67. The molecule has 2 N–H and O–H groups in total. The molecular weight excluding hydrogens is 206 g/mol. The summed E-state index contributed by atoms with van der Waals surface area (Å²) in [5.74, 6) is 0.298. The smallest absolute Gasteiger partial charge is 0.0795 e. The van der Waals surface area contributed by atoms with Gasteiger partial charge in [-0.05, 0) is 6.07 Å². The number of hydrogen-bond donors (Lipinski definition) is 1. The maximum atomic E-state index is 5.67. The molecule has 0 aliphatic rings. The largest absolute Gasteiger partial charge is 0.396 e. The Morgan fingerprint density at radius 1 is 1.55 bits per heavy atom. The summed E-state index contributed by atoms with van der Waals surface area (Å²) < 4.78 is 0. The lowest BCUT2D eigenvalue weighted by atomic mass is 10.3. The van der Waals surface area contributed by atoms with Crippen LogP contribution in [-0.2, 0) is 5.88 Å². The molecule has 0 unspecified atom stereocenters. The zero-order valence-corrected chi connectivity index (χ0v) is 7.88. The topological polar surface area (TPSA) is 38.9 Å². The van der Waals surface area contributed by atoms with E-state index in [9.17, 15) is 0 Å². The maximum Gasteiger partial charge on any atom is 0.0795 e. The molecule has 0 atom stereocenters. The number of halogens is 3. The van der Waals surface area contributed by atoms with Crippen LogP contribution in [0.25, 0.3) is 0 Å². The minimum absolute atomic E-state index is 0. The molecule has 0 aliphatic heterocycles. The van der Waals surface area contributed by atoms with Crippen LogP contribution in [0.5, 0.6) is 0 Å². The lowest BCUT2D eigenvalue weighted by Gasteiger charge is -2.00. The molecular formula is C6H7Cl3N2. The van der Waals surface area contributed by atoms with Gasteiger partial charge in [0.1, 0.15) is 0 Å². The molecule has 1 aromatic heterocycles. The van der Waals surface area contributed by atoms with Gasteiger partial charge in [-0.2, -0.15) is 0 Å². The summed E-state index contributed by atoms with van der Waals surface area (Å²) in [5.41, 5.74) is 6.62. The van der Waals surface area contributed by atoms with E-state index in [1.54, 1.807) is 12.3 Å². The first kappa shape index (κ1) is 10.8. The second kappa shape index (κ2) is 4.65. The van der Waals surface area contributed by atoms with E-state index in [0.717, 1.165) is 0 Å². The number of rotatable bonds is 1. The Kier molecular flexibility index (Phi) is 4.57. The van der Waals surface area contributed by atoms with Crippen LogP contribution in [0, 0.1) is 0 Å². The Balaban J connectivity index is 0.000001000. The molecule has 62 valence electrons. The zero-order chi connectivity index (χ0) is 7.56. The average molecular weight is 213 g/mol. The summed E-state index contributed by atoms with van der Waals surface area (Å²) >= 11 is 11.2. The van der Waals surface area contributed by atoms with E-state index in [4.69, 9.17) is 28.9 Å². The predicted molar refractivity (Wildman–Crippen MR) is 50.5 cm³/mol. The van der Waals surface area contributed by atoms with Crippen LogP contribution >= 0.6 is 35.6 Å². The summed E-state index contributed by atoms with van der Waals surface area (Å²) in [4.78, 5) is 3.92. The SMILES string of the molecule is Cl.Nc1c(Cl)ccnc1CCl. The lowest BCUT2D eigenvalue weighted by Crippen LogP contribution is -1.95. The number of nitrogens with two attached hydrogens (primary N) is 1. The van der Waals surface area contributed by atoms with Gasteiger partial charge in [-0.3, -0.25) is 4.98 Å². The van der Waals surface area contributed by atoms with Gasteiger partial charge in [0.2, 0.25) is 0 Å². The molecule has 0 saturated heterocycles. The first-order valence-electron chi connectivity index (χ1n) is 2.70. The summed E-state index contributed by atoms with van der Waals surface area (Å²) in [6, 6.07) is 1.63. The van der Waals surface area contributed by atoms with Crippen molar-refractivity contribution < 1.29 is 0 Å². The quantitative estimate of drug-likeness (QED) is 0.728. The van der Waals surface area contributed by atoms with E-state index < -0.39 is 0 Å². The highest BCUT2D eigenvalue weighted by molar-refractivity contribution is 6.33. The number of nitrogen functional groups attached to an aromatic ring is 1. The summed E-state index contributed by atoms with van der Waals surface area (Å²) in [6.07, 6.45) is 1.58. The van der Waals surface area contributed by atoms with Crippen LogP contribution in [-0.4, -0.2) is 4.98 Å². The highest BCUT2D eigenvalue weighted by atomic mass is 35.5. The minimum atomic E-state index is 0. The normalized spacial score (nSPS) is 8.91.